The smallest absolute Gasteiger partial charge is 0.267 e. The van der Waals surface area contributed by atoms with Crippen LogP contribution in [0.25, 0.3) is 22.4 Å². The molecule has 6 heteroatoms. The molecule has 4 aromatic rings. The van der Waals surface area contributed by atoms with E-state index in [0.717, 1.165) is 22.3 Å². The first-order chi connectivity index (χ1) is 15.1. The molecule has 152 valence electrons. The van der Waals surface area contributed by atoms with Gasteiger partial charge in [-0.3, -0.25) is 14.8 Å². The minimum absolute atomic E-state index is 0.233. The zero-order valence-electron chi connectivity index (χ0n) is 16.9. The standard InChI is InChI=1S/C25H20N4O2/c1-27-15-19-9-12-21(14-22(19)18-4-3-13-28-16-18)31-20-10-7-17(8-11-20)23-5-2-6-24(29-23)25(26)30/h2-16H,1H3,(H2,26,30). The maximum absolute atomic E-state index is 11.4. The highest BCUT2D eigenvalue weighted by molar-refractivity contribution is 5.91. The Morgan fingerprint density at radius 3 is 2.48 bits per heavy atom. The summed E-state index contributed by atoms with van der Waals surface area (Å²) in [6, 6.07) is 22.4. The van der Waals surface area contributed by atoms with Crippen molar-refractivity contribution < 1.29 is 9.53 Å². The summed E-state index contributed by atoms with van der Waals surface area (Å²) < 4.78 is 6.07. The summed E-state index contributed by atoms with van der Waals surface area (Å²) in [5, 5.41) is 0. The molecule has 0 bridgehead atoms. The fourth-order valence-corrected chi connectivity index (χ4v) is 3.19. The van der Waals surface area contributed by atoms with Crippen LogP contribution in [0.5, 0.6) is 11.5 Å². The number of amides is 1. The van der Waals surface area contributed by atoms with E-state index in [-0.39, 0.29) is 5.69 Å². The number of rotatable bonds is 6. The van der Waals surface area contributed by atoms with E-state index in [1.165, 1.54) is 0 Å². The average Bonchev–Trinajstić information content (AvgIpc) is 2.81. The highest BCUT2D eigenvalue weighted by Gasteiger charge is 2.08. The van der Waals surface area contributed by atoms with Crippen molar-refractivity contribution in [2.75, 3.05) is 7.05 Å². The van der Waals surface area contributed by atoms with Crippen LogP contribution in [0.4, 0.5) is 0 Å². The zero-order valence-corrected chi connectivity index (χ0v) is 16.9. The molecule has 0 saturated carbocycles. The number of nitrogens with two attached hydrogens (primary N) is 1. The van der Waals surface area contributed by atoms with E-state index < -0.39 is 5.91 Å². The number of hydrogen-bond donors (Lipinski definition) is 1. The fourth-order valence-electron chi connectivity index (χ4n) is 3.19. The van der Waals surface area contributed by atoms with Crippen molar-refractivity contribution in [3.8, 4) is 33.9 Å². The molecule has 31 heavy (non-hydrogen) atoms. The highest BCUT2D eigenvalue weighted by atomic mass is 16.5. The van der Waals surface area contributed by atoms with Gasteiger partial charge in [0.25, 0.3) is 5.91 Å². The number of carbonyl (C=O) groups excluding carboxylic acids is 1. The van der Waals surface area contributed by atoms with Gasteiger partial charge in [-0.1, -0.05) is 12.1 Å². The lowest BCUT2D eigenvalue weighted by Crippen LogP contribution is -2.12. The van der Waals surface area contributed by atoms with E-state index in [0.29, 0.717) is 17.2 Å². The van der Waals surface area contributed by atoms with E-state index in [1.54, 1.807) is 25.4 Å². The molecule has 2 aromatic heterocycles. The number of aliphatic imine (C=N–C) groups is 1. The number of benzene rings is 2. The SMILES string of the molecule is CN=Cc1ccc(Oc2ccc(-c3cccc(C(N)=O)n3)cc2)cc1-c1cccnc1. The first kappa shape index (κ1) is 20.0. The first-order valence-electron chi connectivity index (χ1n) is 9.66. The predicted molar refractivity (Wildman–Crippen MR) is 121 cm³/mol. The molecule has 0 radical (unpaired) electrons. The molecule has 0 atom stereocenters. The number of pyridine rings is 2. The molecule has 0 aliphatic rings. The monoisotopic (exact) mass is 408 g/mol. The number of aromatic nitrogens is 2. The summed E-state index contributed by atoms with van der Waals surface area (Å²) in [5.74, 6) is 0.834. The van der Waals surface area contributed by atoms with Gasteiger partial charge in [0.15, 0.2) is 0 Å². The lowest BCUT2D eigenvalue weighted by Gasteiger charge is -2.11. The summed E-state index contributed by atoms with van der Waals surface area (Å²) in [6.45, 7) is 0. The minimum Gasteiger partial charge on any atom is -0.457 e. The molecular weight excluding hydrogens is 388 g/mol. The fraction of sp³-hybridized carbons (Fsp3) is 0.0400. The predicted octanol–water partition coefficient (Wildman–Crippen LogP) is 4.75. The Morgan fingerprint density at radius 1 is 0.968 bits per heavy atom. The molecule has 0 aliphatic heterocycles. The molecule has 2 aromatic carbocycles. The second kappa shape index (κ2) is 9.00. The van der Waals surface area contributed by atoms with Gasteiger partial charge in [0.05, 0.1) is 5.69 Å². The second-order valence-corrected chi connectivity index (χ2v) is 6.78. The normalized spacial score (nSPS) is 10.9. The Hall–Kier alpha value is -4.32. The molecule has 0 aliphatic carbocycles. The van der Waals surface area contributed by atoms with E-state index in [2.05, 4.69) is 15.0 Å². The minimum atomic E-state index is -0.553. The summed E-state index contributed by atoms with van der Waals surface area (Å²) in [5.41, 5.74) is 10.0. The molecule has 2 N–H and O–H groups in total. The van der Waals surface area contributed by atoms with Gasteiger partial charge in [-0.2, -0.15) is 0 Å². The summed E-state index contributed by atoms with van der Waals surface area (Å²) >= 11 is 0. The maximum atomic E-state index is 11.4. The van der Waals surface area contributed by atoms with Crippen molar-refractivity contribution in [2.45, 2.75) is 0 Å². The summed E-state index contributed by atoms with van der Waals surface area (Å²) in [6.07, 6.45) is 5.37. The third-order valence-electron chi connectivity index (χ3n) is 4.65. The third kappa shape index (κ3) is 4.64. The van der Waals surface area contributed by atoms with E-state index in [4.69, 9.17) is 10.5 Å². The maximum Gasteiger partial charge on any atom is 0.267 e. The van der Waals surface area contributed by atoms with Crippen LogP contribution in [-0.2, 0) is 0 Å². The van der Waals surface area contributed by atoms with Crippen molar-refractivity contribution in [1.82, 2.24) is 9.97 Å². The number of carbonyl (C=O) groups is 1. The number of nitrogens with zero attached hydrogens (tertiary/aromatic N) is 3. The molecule has 2 heterocycles. The van der Waals surface area contributed by atoms with Crippen LogP contribution in [0.3, 0.4) is 0 Å². The lowest BCUT2D eigenvalue weighted by atomic mass is 10.0. The van der Waals surface area contributed by atoms with Gasteiger partial charge in [0, 0.05) is 42.3 Å². The van der Waals surface area contributed by atoms with Crippen molar-refractivity contribution in [3.05, 3.63) is 96.4 Å². The second-order valence-electron chi connectivity index (χ2n) is 6.78. The van der Waals surface area contributed by atoms with Crippen LogP contribution >= 0.6 is 0 Å². The van der Waals surface area contributed by atoms with Crippen LogP contribution in [0.15, 0.2) is 90.2 Å². The van der Waals surface area contributed by atoms with Crippen LogP contribution in [0.2, 0.25) is 0 Å². The zero-order chi connectivity index (χ0) is 21.6. The largest absolute Gasteiger partial charge is 0.457 e. The van der Waals surface area contributed by atoms with Gasteiger partial charge in [-0.15, -0.1) is 0 Å². The molecule has 0 saturated heterocycles. The van der Waals surface area contributed by atoms with Crippen molar-refractivity contribution in [2.24, 2.45) is 10.7 Å². The average molecular weight is 408 g/mol. The molecule has 6 nitrogen and oxygen atoms in total. The van der Waals surface area contributed by atoms with Crippen LogP contribution in [-0.4, -0.2) is 29.1 Å². The Kier molecular flexibility index (Phi) is 5.80. The van der Waals surface area contributed by atoms with Gasteiger partial charge in [-0.05, 0) is 66.2 Å². The first-order valence-corrected chi connectivity index (χ1v) is 9.66. The molecule has 4 rings (SSSR count). The Labute approximate surface area is 180 Å². The molecule has 0 spiro atoms. The van der Waals surface area contributed by atoms with Crippen molar-refractivity contribution >= 4 is 12.1 Å². The molecule has 0 fully saturated rings. The van der Waals surface area contributed by atoms with Crippen LogP contribution < -0.4 is 10.5 Å². The summed E-state index contributed by atoms with van der Waals surface area (Å²) in [7, 11) is 1.74. The van der Waals surface area contributed by atoms with Gasteiger partial charge in [0.1, 0.15) is 17.2 Å². The third-order valence-corrected chi connectivity index (χ3v) is 4.65. The molecule has 1 amide bonds. The van der Waals surface area contributed by atoms with Gasteiger partial charge in [0.2, 0.25) is 0 Å². The number of ether oxygens (including phenoxy) is 1. The lowest BCUT2D eigenvalue weighted by molar-refractivity contribution is 0.0995. The Bertz CT molecular complexity index is 1240. The quantitative estimate of drug-likeness (QED) is 0.466. The van der Waals surface area contributed by atoms with Crippen LogP contribution in [0, 0.1) is 0 Å². The van der Waals surface area contributed by atoms with E-state index in [1.807, 2.05) is 73.1 Å². The van der Waals surface area contributed by atoms with E-state index >= 15 is 0 Å². The topological polar surface area (TPSA) is 90.5 Å². The van der Waals surface area contributed by atoms with Crippen molar-refractivity contribution in [1.29, 1.82) is 0 Å². The number of hydrogen-bond acceptors (Lipinski definition) is 5. The van der Waals surface area contributed by atoms with Crippen molar-refractivity contribution in [3.63, 3.8) is 0 Å². The van der Waals surface area contributed by atoms with E-state index in [9.17, 15) is 4.79 Å². The molecule has 0 unspecified atom stereocenters. The Balaban J connectivity index is 1.60. The Morgan fingerprint density at radius 2 is 1.77 bits per heavy atom. The molecular formula is C25H20N4O2. The van der Waals surface area contributed by atoms with Gasteiger partial charge in [-0.25, -0.2) is 4.98 Å². The van der Waals surface area contributed by atoms with Gasteiger partial charge >= 0.3 is 0 Å². The van der Waals surface area contributed by atoms with Gasteiger partial charge < -0.3 is 10.5 Å². The van der Waals surface area contributed by atoms with Crippen LogP contribution in [0.1, 0.15) is 16.1 Å². The summed E-state index contributed by atoms with van der Waals surface area (Å²) in [4.78, 5) is 24.0. The highest BCUT2D eigenvalue weighted by Crippen LogP contribution is 2.30. The number of primary amides is 1.